The summed E-state index contributed by atoms with van der Waals surface area (Å²) in [5.41, 5.74) is 0.479. The van der Waals surface area contributed by atoms with E-state index in [9.17, 15) is 14.0 Å². The van der Waals surface area contributed by atoms with Crippen LogP contribution < -0.4 is 5.32 Å². The predicted octanol–water partition coefficient (Wildman–Crippen LogP) is 1.61. The van der Waals surface area contributed by atoms with Crippen LogP contribution in [0.15, 0.2) is 24.3 Å². The molecule has 0 aromatic heterocycles. The topological polar surface area (TPSA) is 49.4 Å². The fourth-order valence-corrected chi connectivity index (χ4v) is 2.56. The molecule has 4 nitrogen and oxygen atoms in total. The number of carbonyl (C=O) groups excluding carboxylic acids is 2. The Hall–Kier alpha value is -1.75. The van der Waals surface area contributed by atoms with E-state index in [4.69, 9.17) is 0 Å². The van der Waals surface area contributed by atoms with Gasteiger partial charge in [-0.2, -0.15) is 0 Å². The first-order valence-electron chi connectivity index (χ1n) is 6.86. The maximum atomic E-state index is 12.8. The Labute approximate surface area is 118 Å². The number of likely N-dealkylation sites (N-methyl/N-ethyl adjacent to an activating group) is 1. The van der Waals surface area contributed by atoms with Crippen molar-refractivity contribution in [1.82, 2.24) is 10.2 Å². The zero-order valence-corrected chi connectivity index (χ0v) is 11.6. The summed E-state index contributed by atoms with van der Waals surface area (Å²) in [5, 5.41) is 2.64. The number of hydrogen-bond acceptors (Lipinski definition) is 3. The molecule has 1 atom stereocenters. The van der Waals surface area contributed by atoms with Crippen molar-refractivity contribution in [3.63, 3.8) is 0 Å². The molecular weight excluding hydrogens is 259 g/mol. The van der Waals surface area contributed by atoms with Crippen LogP contribution in [0.25, 0.3) is 0 Å². The summed E-state index contributed by atoms with van der Waals surface area (Å²) in [4.78, 5) is 25.9. The maximum Gasteiger partial charge on any atom is 0.237 e. The molecule has 1 saturated heterocycles. The van der Waals surface area contributed by atoms with E-state index in [1.165, 1.54) is 24.3 Å². The first kappa shape index (κ1) is 14.7. The lowest BCUT2D eigenvalue weighted by atomic mass is 10.00. The van der Waals surface area contributed by atoms with Crippen molar-refractivity contribution >= 4 is 11.7 Å². The second-order valence-corrected chi connectivity index (χ2v) is 5.03. The average Bonchev–Trinajstić information content (AvgIpc) is 2.47. The number of nitrogens with zero attached hydrogens (tertiary/aromatic N) is 1. The zero-order valence-electron chi connectivity index (χ0n) is 11.6. The van der Waals surface area contributed by atoms with Gasteiger partial charge in [0.25, 0.3) is 0 Å². The highest BCUT2D eigenvalue weighted by molar-refractivity contribution is 5.98. The molecule has 0 bridgehead atoms. The van der Waals surface area contributed by atoms with Gasteiger partial charge in [0.1, 0.15) is 5.82 Å². The number of piperidine rings is 1. The van der Waals surface area contributed by atoms with Crippen LogP contribution in [0.4, 0.5) is 4.39 Å². The number of rotatable bonds is 4. The normalized spacial score (nSPS) is 19.6. The van der Waals surface area contributed by atoms with Gasteiger partial charge in [-0.3, -0.25) is 14.5 Å². The molecule has 1 aromatic carbocycles. The first-order valence-corrected chi connectivity index (χ1v) is 6.86. The van der Waals surface area contributed by atoms with Gasteiger partial charge in [0.15, 0.2) is 5.78 Å². The summed E-state index contributed by atoms with van der Waals surface area (Å²) in [7, 11) is 1.61. The first-order chi connectivity index (χ1) is 9.61. The van der Waals surface area contributed by atoms with E-state index in [-0.39, 0.29) is 30.1 Å². The molecule has 1 unspecified atom stereocenters. The quantitative estimate of drug-likeness (QED) is 0.851. The number of hydrogen-bond donors (Lipinski definition) is 1. The summed E-state index contributed by atoms with van der Waals surface area (Å²) in [6.07, 6.45) is 2.76. The Bertz CT molecular complexity index is 487. The van der Waals surface area contributed by atoms with Gasteiger partial charge in [-0.05, 0) is 43.7 Å². The van der Waals surface area contributed by atoms with E-state index in [1.807, 2.05) is 4.90 Å². The minimum Gasteiger partial charge on any atom is -0.358 e. The van der Waals surface area contributed by atoms with Crippen molar-refractivity contribution in [2.75, 3.05) is 20.1 Å². The van der Waals surface area contributed by atoms with Gasteiger partial charge < -0.3 is 5.32 Å². The third-order valence-electron chi connectivity index (χ3n) is 3.68. The van der Waals surface area contributed by atoms with Crippen LogP contribution in [0.2, 0.25) is 0 Å². The van der Waals surface area contributed by atoms with Crippen LogP contribution in [-0.4, -0.2) is 42.8 Å². The van der Waals surface area contributed by atoms with Crippen molar-refractivity contribution < 1.29 is 14.0 Å². The van der Waals surface area contributed by atoms with Crippen LogP contribution >= 0.6 is 0 Å². The standard InChI is InChI=1S/C15H19FN2O2/c1-17-15(20)13-4-2-3-9-18(13)10-14(19)11-5-7-12(16)8-6-11/h5-8,13H,2-4,9-10H2,1H3,(H,17,20). The zero-order chi connectivity index (χ0) is 14.5. The Kier molecular flexibility index (Phi) is 4.84. The number of likely N-dealkylation sites (tertiary alicyclic amines) is 1. The number of halogens is 1. The molecule has 1 heterocycles. The van der Waals surface area contributed by atoms with E-state index in [0.717, 1.165) is 25.8 Å². The second kappa shape index (κ2) is 6.61. The van der Waals surface area contributed by atoms with E-state index in [2.05, 4.69) is 5.32 Å². The summed E-state index contributed by atoms with van der Waals surface area (Å²) in [5.74, 6) is -0.486. The fourth-order valence-electron chi connectivity index (χ4n) is 2.56. The van der Waals surface area contributed by atoms with Gasteiger partial charge >= 0.3 is 0 Å². The van der Waals surface area contributed by atoms with Crippen molar-refractivity contribution in [1.29, 1.82) is 0 Å². The van der Waals surface area contributed by atoms with Gasteiger partial charge in [0.2, 0.25) is 5.91 Å². The third kappa shape index (κ3) is 3.42. The lowest BCUT2D eigenvalue weighted by molar-refractivity contribution is -0.126. The molecule has 1 amide bonds. The van der Waals surface area contributed by atoms with Crippen molar-refractivity contribution in [3.05, 3.63) is 35.6 Å². The van der Waals surface area contributed by atoms with Gasteiger partial charge in [-0.15, -0.1) is 0 Å². The molecule has 0 saturated carbocycles. The molecule has 5 heteroatoms. The number of benzene rings is 1. The summed E-state index contributed by atoms with van der Waals surface area (Å²) < 4.78 is 12.8. The number of amides is 1. The van der Waals surface area contributed by atoms with Gasteiger partial charge in [-0.1, -0.05) is 6.42 Å². The summed E-state index contributed by atoms with van der Waals surface area (Å²) in [6.45, 7) is 0.939. The highest BCUT2D eigenvalue weighted by Crippen LogP contribution is 2.18. The summed E-state index contributed by atoms with van der Waals surface area (Å²) in [6, 6.07) is 5.28. The monoisotopic (exact) mass is 278 g/mol. The molecule has 1 fully saturated rings. The van der Waals surface area contributed by atoms with Crippen LogP contribution in [0, 0.1) is 5.82 Å². The minimum atomic E-state index is -0.359. The molecule has 108 valence electrons. The molecule has 0 spiro atoms. The minimum absolute atomic E-state index is 0.0448. The average molecular weight is 278 g/mol. The van der Waals surface area contributed by atoms with Gasteiger partial charge in [-0.25, -0.2) is 4.39 Å². The predicted molar refractivity (Wildman–Crippen MR) is 74.0 cm³/mol. The molecule has 1 aliphatic rings. The van der Waals surface area contributed by atoms with E-state index < -0.39 is 0 Å². The lowest BCUT2D eigenvalue weighted by Gasteiger charge is -2.33. The Morgan fingerprint density at radius 3 is 2.65 bits per heavy atom. The number of Topliss-reactive ketones (excluding diaryl/α,β-unsaturated/α-hetero) is 1. The molecule has 2 rings (SSSR count). The van der Waals surface area contributed by atoms with E-state index in [0.29, 0.717) is 5.56 Å². The highest BCUT2D eigenvalue weighted by atomic mass is 19.1. The number of carbonyl (C=O) groups is 2. The maximum absolute atomic E-state index is 12.8. The van der Waals surface area contributed by atoms with E-state index in [1.54, 1.807) is 7.05 Å². The van der Waals surface area contributed by atoms with Gasteiger partial charge in [0, 0.05) is 12.6 Å². The van der Waals surface area contributed by atoms with E-state index >= 15 is 0 Å². The Morgan fingerprint density at radius 1 is 1.30 bits per heavy atom. The second-order valence-electron chi connectivity index (χ2n) is 5.03. The van der Waals surface area contributed by atoms with Crippen LogP contribution in [0.5, 0.6) is 0 Å². The van der Waals surface area contributed by atoms with Crippen molar-refractivity contribution in [2.45, 2.75) is 25.3 Å². The van der Waals surface area contributed by atoms with Crippen LogP contribution in [0.1, 0.15) is 29.6 Å². The Morgan fingerprint density at radius 2 is 2.00 bits per heavy atom. The third-order valence-corrected chi connectivity index (χ3v) is 3.68. The van der Waals surface area contributed by atoms with Gasteiger partial charge in [0.05, 0.1) is 12.6 Å². The largest absolute Gasteiger partial charge is 0.358 e. The molecular formula is C15H19FN2O2. The molecule has 0 aliphatic carbocycles. The molecule has 1 aliphatic heterocycles. The fraction of sp³-hybridized carbons (Fsp3) is 0.467. The molecule has 20 heavy (non-hydrogen) atoms. The van der Waals surface area contributed by atoms with Crippen molar-refractivity contribution in [3.8, 4) is 0 Å². The van der Waals surface area contributed by atoms with Crippen LogP contribution in [0.3, 0.4) is 0 Å². The highest BCUT2D eigenvalue weighted by Gasteiger charge is 2.29. The Balaban J connectivity index is 2.04. The number of ketones is 1. The van der Waals surface area contributed by atoms with Crippen molar-refractivity contribution in [2.24, 2.45) is 0 Å². The summed E-state index contributed by atoms with van der Waals surface area (Å²) >= 11 is 0. The smallest absolute Gasteiger partial charge is 0.237 e. The SMILES string of the molecule is CNC(=O)C1CCCCN1CC(=O)c1ccc(F)cc1. The molecule has 1 aromatic rings. The lowest BCUT2D eigenvalue weighted by Crippen LogP contribution is -2.50. The van der Waals surface area contributed by atoms with Crippen LogP contribution in [-0.2, 0) is 4.79 Å². The molecule has 0 radical (unpaired) electrons. The molecule has 1 N–H and O–H groups in total. The number of nitrogens with one attached hydrogen (secondary N) is 1.